The summed E-state index contributed by atoms with van der Waals surface area (Å²) < 4.78 is 6.63. The molecule has 6 heteroatoms. The molecule has 0 heterocycles. The van der Waals surface area contributed by atoms with Crippen molar-refractivity contribution in [2.45, 2.75) is 111 Å². The molecule has 48 heavy (non-hydrogen) atoms. The maximum atomic E-state index is 14.6. The number of allylic oxidation sites excluding steroid dienone is 2. The molecule has 4 aliphatic carbocycles. The number of fused-ring (bicyclic) bond motifs is 2. The van der Waals surface area contributed by atoms with Crippen LogP contribution in [0.15, 0.2) is 59.9 Å². The van der Waals surface area contributed by atoms with E-state index in [2.05, 4.69) is 41.5 Å². The maximum Gasteiger partial charge on any atom is 0.254 e. The van der Waals surface area contributed by atoms with E-state index in [9.17, 15) is 24.0 Å². The minimum Gasteiger partial charge on any atom is -0.466 e. The van der Waals surface area contributed by atoms with Crippen LogP contribution in [0.25, 0.3) is 0 Å². The van der Waals surface area contributed by atoms with Crippen LogP contribution in [0, 0.1) is 34.5 Å². The van der Waals surface area contributed by atoms with E-state index in [1.54, 1.807) is 42.5 Å². The fourth-order valence-electron chi connectivity index (χ4n) is 8.86. The van der Waals surface area contributed by atoms with Crippen LogP contribution in [0.1, 0.15) is 147 Å². The summed E-state index contributed by atoms with van der Waals surface area (Å²) in [6, 6.07) is 13.0. The normalized spacial score (nSPS) is 28.3. The molecule has 0 saturated heterocycles. The van der Waals surface area contributed by atoms with Gasteiger partial charge in [-0.25, -0.2) is 0 Å². The third-order valence-electron chi connectivity index (χ3n) is 12.0. The molecule has 6 nitrogen and oxygen atoms in total. The molecular formula is C42H50O6. The van der Waals surface area contributed by atoms with Crippen LogP contribution in [0.2, 0.25) is 0 Å². The van der Waals surface area contributed by atoms with Crippen molar-refractivity contribution in [3.05, 3.63) is 82.1 Å². The zero-order chi connectivity index (χ0) is 34.6. The number of ether oxygens (including phenoxy) is 1. The van der Waals surface area contributed by atoms with Gasteiger partial charge in [-0.1, -0.05) is 90.1 Å². The summed E-state index contributed by atoms with van der Waals surface area (Å²) in [4.78, 5) is 71.3. The summed E-state index contributed by atoms with van der Waals surface area (Å²) in [7, 11) is 0. The Kier molecular flexibility index (Phi) is 9.02. The van der Waals surface area contributed by atoms with Gasteiger partial charge in [-0.3, -0.25) is 24.0 Å². The van der Waals surface area contributed by atoms with Crippen molar-refractivity contribution < 1.29 is 28.7 Å². The third-order valence-corrected chi connectivity index (χ3v) is 12.0. The fraction of sp³-hybridized carbons (Fsp3) is 0.548. The lowest BCUT2D eigenvalue weighted by Gasteiger charge is -2.42. The van der Waals surface area contributed by atoms with Crippen molar-refractivity contribution in [2.75, 3.05) is 0 Å². The van der Waals surface area contributed by atoms with Gasteiger partial charge in [0.1, 0.15) is 0 Å². The van der Waals surface area contributed by atoms with Crippen LogP contribution in [-0.4, -0.2) is 34.5 Å². The SMILES string of the molecule is CC(C)(C)C1CCC(CC2=C(O[C@]3(CC4CCC(C(C)(C)C)CC4)C(=O)C(=O)c4ccccc4C3=O)C(=O)c3ccccc3C2=O)CC1. The van der Waals surface area contributed by atoms with Crippen molar-refractivity contribution in [3.63, 3.8) is 0 Å². The molecule has 2 saturated carbocycles. The molecule has 0 unspecified atom stereocenters. The number of ketones is 5. The third kappa shape index (κ3) is 6.16. The molecule has 2 fully saturated rings. The molecule has 0 bridgehead atoms. The summed E-state index contributed by atoms with van der Waals surface area (Å²) in [5.74, 6) is -2.20. The van der Waals surface area contributed by atoms with Crippen molar-refractivity contribution in [1.82, 2.24) is 0 Å². The van der Waals surface area contributed by atoms with Crippen LogP contribution >= 0.6 is 0 Å². The number of hydrogen-bond acceptors (Lipinski definition) is 6. The lowest BCUT2D eigenvalue weighted by atomic mass is 9.66. The molecule has 254 valence electrons. The van der Waals surface area contributed by atoms with E-state index in [4.69, 9.17) is 4.74 Å². The Morgan fingerprint density at radius 2 is 1.00 bits per heavy atom. The smallest absolute Gasteiger partial charge is 0.254 e. The maximum absolute atomic E-state index is 14.6. The molecule has 1 atom stereocenters. The first-order chi connectivity index (χ1) is 22.6. The molecular weight excluding hydrogens is 600 g/mol. The second-order valence-corrected chi connectivity index (χ2v) is 17.0. The van der Waals surface area contributed by atoms with Gasteiger partial charge < -0.3 is 4.74 Å². The summed E-state index contributed by atoms with van der Waals surface area (Å²) in [5.41, 5.74) is -0.966. The van der Waals surface area contributed by atoms with Crippen molar-refractivity contribution in [1.29, 1.82) is 0 Å². The molecule has 0 spiro atoms. The number of Topliss-reactive ketones (excluding diaryl/α,β-unsaturated/α-hetero) is 5. The van der Waals surface area contributed by atoms with E-state index in [0.717, 1.165) is 51.4 Å². The van der Waals surface area contributed by atoms with Crippen LogP contribution < -0.4 is 0 Å². The topological polar surface area (TPSA) is 94.6 Å². The summed E-state index contributed by atoms with van der Waals surface area (Å²) in [5, 5.41) is 0. The quantitative estimate of drug-likeness (QED) is 0.229. The molecule has 6 rings (SSSR count). The molecule has 0 radical (unpaired) electrons. The van der Waals surface area contributed by atoms with Crippen LogP contribution in [0.4, 0.5) is 0 Å². The average molecular weight is 651 g/mol. The molecule has 0 aromatic heterocycles. The van der Waals surface area contributed by atoms with E-state index < -0.39 is 28.7 Å². The molecule has 0 N–H and O–H groups in total. The molecule has 2 aromatic carbocycles. The number of hydrogen-bond donors (Lipinski definition) is 0. The second-order valence-electron chi connectivity index (χ2n) is 17.0. The first-order valence-electron chi connectivity index (χ1n) is 18.0. The van der Waals surface area contributed by atoms with Crippen molar-refractivity contribution in [3.8, 4) is 0 Å². The van der Waals surface area contributed by atoms with Gasteiger partial charge in [0.15, 0.2) is 11.5 Å². The van der Waals surface area contributed by atoms with Gasteiger partial charge in [0, 0.05) is 34.2 Å². The Morgan fingerprint density at radius 1 is 0.562 bits per heavy atom. The first-order valence-corrected chi connectivity index (χ1v) is 18.0. The fourth-order valence-corrected chi connectivity index (χ4v) is 8.86. The largest absolute Gasteiger partial charge is 0.466 e. The highest BCUT2D eigenvalue weighted by Crippen LogP contribution is 2.47. The molecule has 0 aliphatic heterocycles. The lowest BCUT2D eigenvalue weighted by Crippen LogP contribution is -2.57. The van der Waals surface area contributed by atoms with Gasteiger partial charge in [0.2, 0.25) is 23.0 Å². The van der Waals surface area contributed by atoms with E-state index in [1.807, 2.05) is 0 Å². The minimum atomic E-state index is -2.21. The van der Waals surface area contributed by atoms with E-state index in [-0.39, 0.29) is 62.9 Å². The zero-order valence-corrected chi connectivity index (χ0v) is 29.4. The monoisotopic (exact) mass is 650 g/mol. The molecule has 2 aromatic rings. The average Bonchev–Trinajstić information content (AvgIpc) is 3.06. The minimum absolute atomic E-state index is 0.00179. The molecule has 0 amide bonds. The van der Waals surface area contributed by atoms with E-state index in [0.29, 0.717) is 23.8 Å². The van der Waals surface area contributed by atoms with E-state index in [1.165, 1.54) is 6.07 Å². The second kappa shape index (κ2) is 12.7. The van der Waals surface area contributed by atoms with E-state index >= 15 is 0 Å². The van der Waals surface area contributed by atoms with Crippen LogP contribution in [0.5, 0.6) is 0 Å². The number of rotatable bonds is 6. The van der Waals surface area contributed by atoms with Gasteiger partial charge in [-0.15, -0.1) is 0 Å². The zero-order valence-electron chi connectivity index (χ0n) is 29.4. The van der Waals surface area contributed by atoms with Gasteiger partial charge in [-0.2, -0.15) is 0 Å². The summed E-state index contributed by atoms with van der Waals surface area (Å²) in [6.45, 7) is 13.5. The Hall–Kier alpha value is -3.67. The predicted octanol–water partition coefficient (Wildman–Crippen LogP) is 9.21. The first kappa shape index (κ1) is 34.2. The van der Waals surface area contributed by atoms with Gasteiger partial charge in [-0.05, 0) is 92.3 Å². The Balaban J connectivity index is 1.42. The number of carbonyl (C=O) groups excluding carboxylic acids is 5. The summed E-state index contributed by atoms with van der Waals surface area (Å²) in [6.07, 6.45) is 7.63. The number of carbonyl (C=O) groups is 5. The van der Waals surface area contributed by atoms with Crippen molar-refractivity contribution in [2.24, 2.45) is 34.5 Å². The number of benzene rings is 2. The standard InChI is InChI=1S/C42H50O6/c1-40(2,3)27-19-15-25(16-20-27)23-33-34(43)29-11-7-8-12-30(29)35(44)37(33)48-42(24-26-17-21-28(22-18-26)41(4,5)6)38(46)32-14-10-9-13-31(32)36(45)39(42)47/h7-14,25-28H,15-24H2,1-6H3/t25?,26?,27?,28?,42-/m0/s1. The summed E-state index contributed by atoms with van der Waals surface area (Å²) >= 11 is 0. The predicted molar refractivity (Wildman–Crippen MR) is 185 cm³/mol. The Morgan fingerprint density at radius 3 is 1.50 bits per heavy atom. The highest BCUT2D eigenvalue weighted by atomic mass is 16.5. The lowest BCUT2D eigenvalue weighted by molar-refractivity contribution is -0.132. The highest BCUT2D eigenvalue weighted by molar-refractivity contribution is 6.55. The molecule has 4 aliphatic rings. The Labute approximate surface area is 285 Å². The highest BCUT2D eigenvalue weighted by Gasteiger charge is 2.58. The van der Waals surface area contributed by atoms with Crippen LogP contribution in [0.3, 0.4) is 0 Å². The van der Waals surface area contributed by atoms with Gasteiger partial charge >= 0.3 is 0 Å². The van der Waals surface area contributed by atoms with Gasteiger partial charge in [0.05, 0.1) is 0 Å². The van der Waals surface area contributed by atoms with Crippen LogP contribution in [-0.2, 0) is 9.53 Å². The van der Waals surface area contributed by atoms with Crippen molar-refractivity contribution >= 4 is 28.9 Å². The Bertz CT molecular complexity index is 1680. The van der Waals surface area contributed by atoms with Gasteiger partial charge in [0.25, 0.3) is 5.78 Å².